The first-order valence-corrected chi connectivity index (χ1v) is 11.1. The van der Waals surface area contributed by atoms with Gasteiger partial charge in [0.1, 0.15) is 11.6 Å². The van der Waals surface area contributed by atoms with Gasteiger partial charge in [0.15, 0.2) is 0 Å². The van der Waals surface area contributed by atoms with Crippen LogP contribution < -0.4 is 5.56 Å². The number of benzene rings is 2. The van der Waals surface area contributed by atoms with Gasteiger partial charge in [-0.15, -0.1) is 0 Å². The van der Waals surface area contributed by atoms with Crippen LogP contribution in [0.4, 0.5) is 8.78 Å². The highest BCUT2D eigenvalue weighted by Crippen LogP contribution is 2.28. The topological polar surface area (TPSA) is 97.8 Å². The van der Waals surface area contributed by atoms with Crippen LogP contribution >= 0.6 is 0 Å². The van der Waals surface area contributed by atoms with Gasteiger partial charge in [0, 0.05) is 30.4 Å². The van der Waals surface area contributed by atoms with Crippen LogP contribution in [-0.2, 0) is 30.5 Å². The van der Waals surface area contributed by atoms with E-state index in [1.54, 1.807) is 24.9 Å². The van der Waals surface area contributed by atoms with E-state index in [1.807, 2.05) is 22.9 Å². The van der Waals surface area contributed by atoms with E-state index in [-0.39, 0.29) is 12.1 Å². The SMILES string of the molecule is CCc1cc(-c2cc(C)c(=O)n(C)c2)cc2c1ncn2Cc1ccc(F)cc1F.N=S(=O)=O. The number of aryl methyl sites for hydroxylation is 3. The quantitative estimate of drug-likeness (QED) is 0.481. The zero-order chi connectivity index (χ0) is 24.3. The highest BCUT2D eigenvalue weighted by atomic mass is 32.2. The normalized spacial score (nSPS) is 10.7. The van der Waals surface area contributed by atoms with Crippen molar-refractivity contribution in [2.75, 3.05) is 0 Å². The van der Waals surface area contributed by atoms with Gasteiger partial charge in [0.2, 0.25) is 0 Å². The maximum absolute atomic E-state index is 14.2. The summed E-state index contributed by atoms with van der Waals surface area (Å²) in [5.41, 5.74) is 5.74. The van der Waals surface area contributed by atoms with Crippen LogP contribution in [-0.4, -0.2) is 22.5 Å². The summed E-state index contributed by atoms with van der Waals surface area (Å²) in [7, 11) is -0.875. The van der Waals surface area contributed by atoms with Gasteiger partial charge in [-0.05, 0) is 54.3 Å². The lowest BCUT2D eigenvalue weighted by molar-refractivity contribution is 0.567. The average molecular weight is 473 g/mol. The molecule has 33 heavy (non-hydrogen) atoms. The molecule has 0 aliphatic heterocycles. The van der Waals surface area contributed by atoms with Crippen LogP contribution in [0.2, 0.25) is 0 Å². The van der Waals surface area contributed by atoms with E-state index in [0.29, 0.717) is 11.1 Å². The first-order valence-electron chi connectivity index (χ1n) is 10.0. The molecule has 0 aliphatic rings. The van der Waals surface area contributed by atoms with E-state index < -0.39 is 22.1 Å². The van der Waals surface area contributed by atoms with Crippen LogP contribution in [0.5, 0.6) is 0 Å². The predicted molar refractivity (Wildman–Crippen MR) is 122 cm³/mol. The van der Waals surface area contributed by atoms with Crippen LogP contribution in [0.25, 0.3) is 22.2 Å². The zero-order valence-corrected chi connectivity index (χ0v) is 19.1. The first-order chi connectivity index (χ1) is 15.6. The summed E-state index contributed by atoms with van der Waals surface area (Å²) in [6.45, 7) is 4.11. The van der Waals surface area contributed by atoms with Gasteiger partial charge in [-0.2, -0.15) is 13.2 Å². The number of rotatable bonds is 4. The third-order valence-corrected chi connectivity index (χ3v) is 5.24. The minimum atomic E-state index is -2.61. The second-order valence-electron chi connectivity index (χ2n) is 7.53. The Labute approximate surface area is 190 Å². The van der Waals surface area contributed by atoms with Gasteiger partial charge < -0.3 is 9.13 Å². The lowest BCUT2D eigenvalue weighted by Crippen LogP contribution is -2.18. The van der Waals surface area contributed by atoms with Crippen LogP contribution in [0, 0.1) is 23.3 Å². The van der Waals surface area contributed by atoms with Crippen molar-refractivity contribution < 1.29 is 17.2 Å². The number of hydrogen-bond donors (Lipinski definition) is 1. The highest BCUT2D eigenvalue weighted by Gasteiger charge is 2.13. The molecular weight excluding hydrogens is 450 g/mol. The van der Waals surface area contributed by atoms with Gasteiger partial charge >= 0.3 is 10.5 Å². The smallest absolute Gasteiger partial charge is 0.308 e. The van der Waals surface area contributed by atoms with E-state index in [2.05, 4.69) is 18.0 Å². The first kappa shape index (κ1) is 24.0. The molecule has 4 rings (SSSR count). The van der Waals surface area contributed by atoms with Crippen molar-refractivity contribution in [3.05, 3.63) is 87.6 Å². The van der Waals surface area contributed by atoms with E-state index in [9.17, 15) is 13.6 Å². The molecule has 0 unspecified atom stereocenters. The number of nitrogens with one attached hydrogen (secondary N) is 1. The van der Waals surface area contributed by atoms with Crippen LogP contribution in [0.1, 0.15) is 23.6 Å². The molecule has 0 atom stereocenters. The Morgan fingerprint density at radius 3 is 2.36 bits per heavy atom. The maximum Gasteiger partial charge on any atom is 0.308 e. The van der Waals surface area contributed by atoms with Crippen molar-refractivity contribution in [3.63, 3.8) is 0 Å². The molecule has 0 fully saturated rings. The molecule has 0 spiro atoms. The van der Waals surface area contributed by atoms with Crippen molar-refractivity contribution >= 4 is 21.5 Å². The van der Waals surface area contributed by atoms with Crippen molar-refractivity contribution in [1.82, 2.24) is 14.1 Å². The number of halogens is 2. The Hall–Kier alpha value is -3.66. The molecule has 2 aromatic carbocycles. The number of pyridine rings is 1. The summed E-state index contributed by atoms with van der Waals surface area (Å²) in [4.78, 5) is 16.6. The predicted octanol–water partition coefficient (Wildman–Crippen LogP) is 4.23. The second-order valence-corrected chi connectivity index (χ2v) is 8.00. The van der Waals surface area contributed by atoms with E-state index in [0.717, 1.165) is 40.2 Å². The minimum absolute atomic E-state index is 0.0256. The molecule has 1 N–H and O–H groups in total. The Morgan fingerprint density at radius 2 is 1.76 bits per heavy atom. The number of nitrogens with zero attached hydrogens (tertiary/aromatic N) is 3. The van der Waals surface area contributed by atoms with Crippen molar-refractivity contribution in [2.24, 2.45) is 7.05 Å². The molecule has 10 heteroatoms. The maximum atomic E-state index is 14.2. The van der Waals surface area contributed by atoms with Crippen LogP contribution in [0.15, 0.2) is 53.7 Å². The fourth-order valence-corrected chi connectivity index (χ4v) is 3.67. The molecule has 4 aromatic rings. The largest absolute Gasteiger partial charge is 0.326 e. The van der Waals surface area contributed by atoms with Gasteiger partial charge in [0.05, 0.1) is 23.9 Å². The lowest BCUT2D eigenvalue weighted by Gasteiger charge is -2.11. The average Bonchev–Trinajstić information content (AvgIpc) is 3.15. The summed E-state index contributed by atoms with van der Waals surface area (Å²) in [6.07, 6.45) is 4.29. The molecule has 2 heterocycles. The fraction of sp³-hybridized carbons (Fsp3) is 0.217. The van der Waals surface area contributed by atoms with Gasteiger partial charge in [-0.25, -0.2) is 13.8 Å². The summed E-state index contributed by atoms with van der Waals surface area (Å²) in [5.74, 6) is -1.17. The second kappa shape index (κ2) is 9.86. The van der Waals surface area contributed by atoms with Crippen molar-refractivity contribution in [1.29, 1.82) is 4.78 Å². The molecule has 2 aromatic heterocycles. The molecular formula is C23H22F2N4O3S. The molecule has 0 bridgehead atoms. The Bertz CT molecular complexity index is 1480. The third kappa shape index (κ3) is 5.40. The number of aromatic nitrogens is 3. The molecule has 0 saturated heterocycles. The molecule has 0 saturated carbocycles. The lowest BCUT2D eigenvalue weighted by atomic mass is 10.0. The van der Waals surface area contributed by atoms with Crippen molar-refractivity contribution in [3.8, 4) is 11.1 Å². The molecule has 0 radical (unpaired) electrons. The monoisotopic (exact) mass is 472 g/mol. The third-order valence-electron chi connectivity index (χ3n) is 5.24. The number of hydrogen-bond acceptors (Lipinski definition) is 5. The van der Waals surface area contributed by atoms with Crippen LogP contribution in [0.3, 0.4) is 0 Å². The Morgan fingerprint density at radius 1 is 1.06 bits per heavy atom. The Kier molecular flexibility index (Phi) is 7.17. The van der Waals surface area contributed by atoms with Crippen molar-refractivity contribution in [2.45, 2.75) is 26.8 Å². The molecule has 0 aliphatic carbocycles. The number of fused-ring (bicyclic) bond motifs is 1. The Balaban J connectivity index is 0.000000709. The van der Waals surface area contributed by atoms with Gasteiger partial charge in [-0.3, -0.25) is 4.79 Å². The molecule has 7 nitrogen and oxygen atoms in total. The highest BCUT2D eigenvalue weighted by molar-refractivity contribution is 7.60. The summed E-state index contributed by atoms with van der Waals surface area (Å²) < 4.78 is 53.7. The zero-order valence-electron chi connectivity index (χ0n) is 18.3. The van der Waals surface area contributed by atoms with E-state index >= 15 is 0 Å². The standard InChI is InChI=1S/C23H21F2N3O.HNO2S/c1-4-15-8-17(18-7-14(2)23(29)27(3)11-18)9-21-22(15)26-13-28(21)12-16-5-6-19(24)10-20(16)25;1-4(2)3/h5-11,13H,4,12H2,1-3H3;1H. The molecule has 172 valence electrons. The van der Waals surface area contributed by atoms with E-state index in [4.69, 9.17) is 13.2 Å². The summed E-state index contributed by atoms with van der Waals surface area (Å²) in [5, 5.41) is 0. The van der Waals surface area contributed by atoms with Gasteiger partial charge in [-0.1, -0.05) is 13.0 Å². The number of imidazole rings is 1. The fourth-order valence-electron chi connectivity index (χ4n) is 3.67. The molecule has 0 amide bonds. The minimum Gasteiger partial charge on any atom is -0.326 e. The van der Waals surface area contributed by atoms with E-state index in [1.165, 1.54) is 12.1 Å². The van der Waals surface area contributed by atoms with Gasteiger partial charge in [0.25, 0.3) is 5.56 Å². The summed E-state index contributed by atoms with van der Waals surface area (Å²) >= 11 is 0. The summed E-state index contributed by atoms with van der Waals surface area (Å²) in [6, 6.07) is 9.57.